The smallest absolute Gasteiger partial charge is 0.344 e. The molecule has 2 rings (SSSR count). The first kappa shape index (κ1) is 19.3. The van der Waals surface area contributed by atoms with E-state index >= 15 is 0 Å². The molecule has 0 aromatic heterocycles. The number of carbonyl (C=O) groups excluding carboxylic acids is 2. The number of ether oxygens (including phenoxy) is 2. The summed E-state index contributed by atoms with van der Waals surface area (Å²) in [4.78, 5) is 23.7. The summed E-state index contributed by atoms with van der Waals surface area (Å²) in [5.41, 5.74) is 6.55. The van der Waals surface area contributed by atoms with Gasteiger partial charge in [-0.25, -0.2) is 4.79 Å². The third-order valence-corrected chi connectivity index (χ3v) is 4.99. The van der Waals surface area contributed by atoms with Gasteiger partial charge in [0.1, 0.15) is 11.9 Å². The summed E-state index contributed by atoms with van der Waals surface area (Å²) >= 11 is 0. The van der Waals surface area contributed by atoms with E-state index < -0.39 is 11.9 Å². The van der Waals surface area contributed by atoms with Crippen molar-refractivity contribution in [2.45, 2.75) is 53.1 Å². The second kappa shape index (κ2) is 8.37. The lowest BCUT2D eigenvalue weighted by Gasteiger charge is -2.36. The summed E-state index contributed by atoms with van der Waals surface area (Å²) in [5.74, 6) is 0.768. The SMILES string of the molecule is Cc1ccc(C(N)=O)c(OCC(=O)O[C@@H]2C[C@H](C)CC[C@H]2C(C)C)c1. The number of aryl methyl sites for hydroxylation is 1. The van der Waals surface area contributed by atoms with E-state index in [9.17, 15) is 9.59 Å². The summed E-state index contributed by atoms with van der Waals surface area (Å²) in [6, 6.07) is 5.09. The van der Waals surface area contributed by atoms with Crippen LogP contribution in [0.2, 0.25) is 0 Å². The molecule has 2 N–H and O–H groups in total. The van der Waals surface area contributed by atoms with E-state index in [1.165, 1.54) is 6.42 Å². The number of hydrogen-bond donors (Lipinski definition) is 1. The molecular weight excluding hydrogens is 318 g/mol. The average Bonchev–Trinajstić information content (AvgIpc) is 2.52. The molecular formula is C20H29NO4. The molecule has 0 spiro atoms. The maximum atomic E-state index is 12.3. The molecule has 1 aliphatic rings. The molecule has 1 aromatic carbocycles. The van der Waals surface area contributed by atoms with Crippen molar-refractivity contribution in [3.05, 3.63) is 29.3 Å². The van der Waals surface area contributed by atoms with E-state index in [1.54, 1.807) is 18.2 Å². The molecule has 1 aromatic rings. The lowest BCUT2D eigenvalue weighted by atomic mass is 9.75. The van der Waals surface area contributed by atoms with Crippen molar-refractivity contribution >= 4 is 11.9 Å². The Labute approximate surface area is 149 Å². The molecule has 0 unspecified atom stereocenters. The number of amides is 1. The van der Waals surface area contributed by atoms with E-state index in [0.29, 0.717) is 23.5 Å². The van der Waals surface area contributed by atoms with Crippen molar-refractivity contribution in [1.29, 1.82) is 0 Å². The summed E-state index contributed by atoms with van der Waals surface area (Å²) in [5, 5.41) is 0. The molecule has 25 heavy (non-hydrogen) atoms. The third kappa shape index (κ3) is 5.21. The van der Waals surface area contributed by atoms with Crippen LogP contribution in [-0.2, 0) is 9.53 Å². The highest BCUT2D eigenvalue weighted by molar-refractivity contribution is 5.95. The quantitative estimate of drug-likeness (QED) is 0.799. The summed E-state index contributed by atoms with van der Waals surface area (Å²) < 4.78 is 11.2. The lowest BCUT2D eigenvalue weighted by Crippen LogP contribution is -2.37. The van der Waals surface area contributed by atoms with Gasteiger partial charge in [-0.2, -0.15) is 0 Å². The second-order valence-corrected chi connectivity index (χ2v) is 7.51. The van der Waals surface area contributed by atoms with Crippen LogP contribution in [-0.4, -0.2) is 24.6 Å². The van der Waals surface area contributed by atoms with Crippen LogP contribution in [0.4, 0.5) is 0 Å². The van der Waals surface area contributed by atoms with Crippen LogP contribution in [0.25, 0.3) is 0 Å². The van der Waals surface area contributed by atoms with E-state index in [4.69, 9.17) is 15.2 Å². The van der Waals surface area contributed by atoms with E-state index in [0.717, 1.165) is 18.4 Å². The number of rotatable bonds is 6. The Morgan fingerprint density at radius 3 is 2.64 bits per heavy atom. The molecule has 0 heterocycles. The second-order valence-electron chi connectivity index (χ2n) is 7.51. The minimum atomic E-state index is -0.579. The number of carbonyl (C=O) groups is 2. The number of esters is 1. The number of nitrogens with two attached hydrogens (primary N) is 1. The normalized spacial score (nSPS) is 23.3. The molecule has 138 valence electrons. The van der Waals surface area contributed by atoms with Gasteiger partial charge in [-0.3, -0.25) is 4.79 Å². The Morgan fingerprint density at radius 2 is 2.00 bits per heavy atom. The molecule has 5 heteroatoms. The monoisotopic (exact) mass is 347 g/mol. The van der Waals surface area contributed by atoms with Crippen LogP contribution in [0.1, 0.15) is 56.0 Å². The van der Waals surface area contributed by atoms with E-state index in [2.05, 4.69) is 20.8 Å². The van der Waals surface area contributed by atoms with Gasteiger partial charge in [0, 0.05) is 0 Å². The van der Waals surface area contributed by atoms with Crippen LogP contribution in [0.15, 0.2) is 18.2 Å². The molecule has 1 saturated carbocycles. The highest BCUT2D eigenvalue weighted by Gasteiger charge is 2.33. The molecule has 1 fully saturated rings. The van der Waals surface area contributed by atoms with E-state index in [1.807, 2.05) is 6.92 Å². The first-order valence-corrected chi connectivity index (χ1v) is 9.00. The summed E-state index contributed by atoms with van der Waals surface area (Å²) in [6.07, 6.45) is 3.10. The molecule has 3 atom stereocenters. The van der Waals surface area contributed by atoms with Gasteiger partial charge in [-0.05, 0) is 55.2 Å². The first-order chi connectivity index (χ1) is 11.8. The Morgan fingerprint density at radius 1 is 1.28 bits per heavy atom. The van der Waals surface area contributed by atoms with E-state index in [-0.39, 0.29) is 18.3 Å². The first-order valence-electron chi connectivity index (χ1n) is 9.00. The Bertz CT molecular complexity index is 626. The van der Waals surface area contributed by atoms with Crippen LogP contribution in [0.3, 0.4) is 0 Å². The van der Waals surface area contributed by atoms with Crippen molar-refractivity contribution in [2.75, 3.05) is 6.61 Å². The molecule has 5 nitrogen and oxygen atoms in total. The highest BCUT2D eigenvalue weighted by atomic mass is 16.6. The molecule has 1 amide bonds. The predicted molar refractivity (Wildman–Crippen MR) is 96.4 cm³/mol. The van der Waals surface area contributed by atoms with Gasteiger partial charge in [0.15, 0.2) is 6.61 Å². The zero-order chi connectivity index (χ0) is 18.6. The molecule has 0 bridgehead atoms. The van der Waals surface area contributed by atoms with Gasteiger partial charge in [0.2, 0.25) is 0 Å². The van der Waals surface area contributed by atoms with Crippen molar-refractivity contribution in [3.8, 4) is 5.75 Å². The van der Waals surface area contributed by atoms with Crippen molar-refractivity contribution in [3.63, 3.8) is 0 Å². The van der Waals surface area contributed by atoms with Crippen molar-refractivity contribution < 1.29 is 19.1 Å². The van der Waals surface area contributed by atoms with Gasteiger partial charge >= 0.3 is 5.97 Å². The largest absolute Gasteiger partial charge is 0.481 e. The Hall–Kier alpha value is -2.04. The molecule has 0 radical (unpaired) electrons. The zero-order valence-corrected chi connectivity index (χ0v) is 15.6. The fourth-order valence-electron chi connectivity index (χ4n) is 3.54. The fourth-order valence-corrected chi connectivity index (χ4v) is 3.54. The number of hydrogen-bond acceptors (Lipinski definition) is 4. The van der Waals surface area contributed by atoms with Crippen molar-refractivity contribution in [1.82, 2.24) is 0 Å². The predicted octanol–water partition coefficient (Wildman–Crippen LogP) is 3.48. The molecule has 0 aliphatic heterocycles. The number of benzene rings is 1. The van der Waals surface area contributed by atoms with Gasteiger partial charge in [0.25, 0.3) is 5.91 Å². The minimum absolute atomic E-state index is 0.0621. The number of primary amides is 1. The maximum absolute atomic E-state index is 12.3. The third-order valence-electron chi connectivity index (χ3n) is 4.99. The average molecular weight is 347 g/mol. The fraction of sp³-hybridized carbons (Fsp3) is 0.600. The standard InChI is InChI=1S/C20H29NO4/c1-12(2)15-7-5-14(4)10-18(15)25-19(22)11-24-17-9-13(3)6-8-16(17)20(21)23/h6,8-9,12,14-15,18H,5,7,10-11H2,1-4H3,(H2,21,23)/t14-,15+,18-/m1/s1. The maximum Gasteiger partial charge on any atom is 0.344 e. The minimum Gasteiger partial charge on any atom is -0.481 e. The van der Waals surface area contributed by atoms with Crippen molar-refractivity contribution in [2.24, 2.45) is 23.5 Å². The Kier molecular flexibility index (Phi) is 6.45. The molecule has 0 saturated heterocycles. The van der Waals surface area contributed by atoms with Crippen LogP contribution >= 0.6 is 0 Å². The van der Waals surface area contributed by atoms with Gasteiger partial charge < -0.3 is 15.2 Å². The van der Waals surface area contributed by atoms with Gasteiger partial charge in [-0.15, -0.1) is 0 Å². The Balaban J connectivity index is 1.98. The van der Waals surface area contributed by atoms with Crippen LogP contribution in [0.5, 0.6) is 5.75 Å². The highest BCUT2D eigenvalue weighted by Crippen LogP contribution is 2.35. The topological polar surface area (TPSA) is 78.6 Å². The van der Waals surface area contributed by atoms with Gasteiger partial charge in [-0.1, -0.05) is 33.3 Å². The summed E-state index contributed by atoms with van der Waals surface area (Å²) in [6.45, 7) is 8.19. The van der Waals surface area contributed by atoms with Crippen LogP contribution < -0.4 is 10.5 Å². The summed E-state index contributed by atoms with van der Waals surface area (Å²) in [7, 11) is 0. The molecule has 1 aliphatic carbocycles. The van der Waals surface area contributed by atoms with Gasteiger partial charge in [0.05, 0.1) is 5.56 Å². The van der Waals surface area contributed by atoms with Crippen LogP contribution in [0, 0.1) is 24.7 Å². The lowest BCUT2D eigenvalue weighted by molar-refractivity contribution is -0.158. The zero-order valence-electron chi connectivity index (χ0n) is 15.6.